The SMILES string of the molecule is Cc1cc(NCc2cccc(Br)c2)c2ccccc2n1. The largest absolute Gasteiger partial charge is 0.380 e. The molecule has 3 aromatic rings. The molecule has 2 aromatic carbocycles. The van der Waals surface area contributed by atoms with Crippen molar-refractivity contribution in [3.05, 3.63) is 70.3 Å². The van der Waals surface area contributed by atoms with Crippen molar-refractivity contribution < 1.29 is 0 Å². The van der Waals surface area contributed by atoms with Crippen LogP contribution in [0.2, 0.25) is 0 Å². The Labute approximate surface area is 127 Å². The van der Waals surface area contributed by atoms with E-state index in [2.05, 4.69) is 56.6 Å². The summed E-state index contributed by atoms with van der Waals surface area (Å²) in [6, 6.07) is 18.7. The van der Waals surface area contributed by atoms with Gasteiger partial charge in [0.15, 0.2) is 0 Å². The van der Waals surface area contributed by atoms with E-state index in [4.69, 9.17) is 0 Å². The molecule has 100 valence electrons. The summed E-state index contributed by atoms with van der Waals surface area (Å²) in [6.45, 7) is 2.82. The predicted molar refractivity (Wildman–Crippen MR) is 87.9 cm³/mol. The third-order valence-corrected chi connectivity index (χ3v) is 3.71. The Bertz CT molecular complexity index is 753. The van der Waals surface area contributed by atoms with Gasteiger partial charge in [-0.2, -0.15) is 0 Å². The van der Waals surface area contributed by atoms with E-state index >= 15 is 0 Å². The summed E-state index contributed by atoms with van der Waals surface area (Å²) in [5.41, 5.74) is 4.44. The number of hydrogen-bond acceptors (Lipinski definition) is 2. The van der Waals surface area contributed by atoms with Gasteiger partial charge in [0, 0.05) is 27.8 Å². The minimum Gasteiger partial charge on any atom is -0.380 e. The summed E-state index contributed by atoms with van der Waals surface area (Å²) in [4.78, 5) is 4.56. The number of pyridine rings is 1. The van der Waals surface area contributed by atoms with Crippen molar-refractivity contribution in [3.8, 4) is 0 Å². The molecule has 0 atom stereocenters. The summed E-state index contributed by atoms with van der Waals surface area (Å²) in [6.07, 6.45) is 0. The van der Waals surface area contributed by atoms with Gasteiger partial charge in [-0.05, 0) is 36.8 Å². The number of aryl methyl sites for hydroxylation is 1. The highest BCUT2D eigenvalue weighted by atomic mass is 79.9. The molecular weight excluding hydrogens is 312 g/mol. The second kappa shape index (κ2) is 5.63. The van der Waals surface area contributed by atoms with E-state index in [1.165, 1.54) is 5.56 Å². The molecule has 0 amide bonds. The maximum atomic E-state index is 4.56. The molecule has 3 rings (SSSR count). The number of fused-ring (bicyclic) bond motifs is 1. The highest BCUT2D eigenvalue weighted by Crippen LogP contribution is 2.23. The van der Waals surface area contributed by atoms with Gasteiger partial charge < -0.3 is 5.32 Å². The summed E-state index contributed by atoms with van der Waals surface area (Å²) in [5, 5.41) is 4.67. The summed E-state index contributed by atoms with van der Waals surface area (Å²) < 4.78 is 1.10. The molecule has 0 saturated heterocycles. The van der Waals surface area contributed by atoms with Gasteiger partial charge in [-0.15, -0.1) is 0 Å². The first kappa shape index (κ1) is 13.1. The molecule has 0 saturated carbocycles. The van der Waals surface area contributed by atoms with Crippen LogP contribution in [0.15, 0.2) is 59.1 Å². The molecule has 20 heavy (non-hydrogen) atoms. The van der Waals surface area contributed by atoms with Crippen LogP contribution in [0.3, 0.4) is 0 Å². The summed E-state index contributed by atoms with van der Waals surface area (Å²) >= 11 is 3.50. The molecule has 3 heteroatoms. The second-order valence-corrected chi connectivity index (χ2v) is 5.73. The van der Waals surface area contributed by atoms with E-state index in [1.807, 2.05) is 31.2 Å². The fourth-order valence-corrected chi connectivity index (χ4v) is 2.74. The zero-order valence-electron chi connectivity index (χ0n) is 11.2. The molecule has 0 fully saturated rings. The number of rotatable bonds is 3. The molecule has 1 heterocycles. The first-order valence-corrected chi connectivity index (χ1v) is 7.36. The Morgan fingerprint density at radius 2 is 1.90 bits per heavy atom. The van der Waals surface area contributed by atoms with E-state index in [9.17, 15) is 0 Å². The molecule has 1 N–H and O–H groups in total. The van der Waals surface area contributed by atoms with E-state index in [0.29, 0.717) is 0 Å². The van der Waals surface area contributed by atoms with Crippen molar-refractivity contribution in [2.24, 2.45) is 0 Å². The Morgan fingerprint density at radius 3 is 2.75 bits per heavy atom. The van der Waals surface area contributed by atoms with Crippen molar-refractivity contribution in [2.75, 3.05) is 5.32 Å². The Kier molecular flexibility index (Phi) is 3.70. The fourth-order valence-electron chi connectivity index (χ4n) is 2.30. The van der Waals surface area contributed by atoms with E-state index < -0.39 is 0 Å². The number of nitrogens with zero attached hydrogens (tertiary/aromatic N) is 1. The lowest BCUT2D eigenvalue weighted by Gasteiger charge is -2.11. The van der Waals surface area contributed by atoms with Crippen LogP contribution in [0.4, 0.5) is 5.69 Å². The number of benzene rings is 2. The highest BCUT2D eigenvalue weighted by molar-refractivity contribution is 9.10. The smallest absolute Gasteiger partial charge is 0.0725 e. The van der Waals surface area contributed by atoms with Gasteiger partial charge >= 0.3 is 0 Å². The Hall–Kier alpha value is -1.87. The van der Waals surface area contributed by atoms with Gasteiger partial charge in [0.05, 0.1) is 5.52 Å². The zero-order chi connectivity index (χ0) is 13.9. The lowest BCUT2D eigenvalue weighted by Crippen LogP contribution is -2.01. The second-order valence-electron chi connectivity index (χ2n) is 4.81. The molecule has 0 aliphatic carbocycles. The lowest BCUT2D eigenvalue weighted by molar-refractivity contribution is 1.14. The molecule has 1 aromatic heterocycles. The topological polar surface area (TPSA) is 24.9 Å². The van der Waals surface area contributed by atoms with Gasteiger partial charge in [0.2, 0.25) is 0 Å². The Morgan fingerprint density at radius 1 is 1.05 bits per heavy atom. The van der Waals surface area contributed by atoms with Crippen molar-refractivity contribution in [3.63, 3.8) is 0 Å². The van der Waals surface area contributed by atoms with Gasteiger partial charge in [0.1, 0.15) is 0 Å². The zero-order valence-corrected chi connectivity index (χ0v) is 12.8. The lowest BCUT2D eigenvalue weighted by atomic mass is 10.1. The maximum Gasteiger partial charge on any atom is 0.0725 e. The number of hydrogen-bond donors (Lipinski definition) is 1. The molecule has 0 radical (unpaired) electrons. The minimum atomic E-state index is 0.798. The standard InChI is InChI=1S/C17H15BrN2/c1-12-9-17(15-7-2-3-8-16(15)20-12)19-11-13-5-4-6-14(18)10-13/h2-10H,11H2,1H3,(H,19,20). The number of para-hydroxylation sites is 1. The molecule has 2 nitrogen and oxygen atoms in total. The van der Waals surface area contributed by atoms with Gasteiger partial charge in [-0.3, -0.25) is 4.98 Å². The fraction of sp³-hybridized carbons (Fsp3) is 0.118. The van der Waals surface area contributed by atoms with Crippen LogP contribution in [0.5, 0.6) is 0 Å². The maximum absolute atomic E-state index is 4.56. The van der Waals surface area contributed by atoms with Crippen molar-refractivity contribution in [1.82, 2.24) is 4.98 Å². The Balaban J connectivity index is 1.91. The van der Waals surface area contributed by atoms with Gasteiger partial charge in [-0.1, -0.05) is 46.3 Å². The number of halogens is 1. The van der Waals surface area contributed by atoms with Crippen LogP contribution in [-0.4, -0.2) is 4.98 Å². The van der Waals surface area contributed by atoms with Gasteiger partial charge in [0.25, 0.3) is 0 Å². The van der Waals surface area contributed by atoms with Gasteiger partial charge in [-0.25, -0.2) is 0 Å². The van der Waals surface area contributed by atoms with Crippen LogP contribution in [0.25, 0.3) is 10.9 Å². The van der Waals surface area contributed by atoms with E-state index in [1.54, 1.807) is 0 Å². The van der Waals surface area contributed by atoms with Crippen LogP contribution in [0.1, 0.15) is 11.3 Å². The first-order chi connectivity index (χ1) is 9.72. The third-order valence-electron chi connectivity index (χ3n) is 3.22. The van der Waals surface area contributed by atoms with E-state index in [0.717, 1.165) is 33.3 Å². The van der Waals surface area contributed by atoms with E-state index in [-0.39, 0.29) is 0 Å². The minimum absolute atomic E-state index is 0.798. The summed E-state index contributed by atoms with van der Waals surface area (Å²) in [5.74, 6) is 0. The number of aromatic nitrogens is 1. The quantitative estimate of drug-likeness (QED) is 0.739. The average molecular weight is 327 g/mol. The first-order valence-electron chi connectivity index (χ1n) is 6.57. The van der Waals surface area contributed by atoms with Crippen LogP contribution >= 0.6 is 15.9 Å². The molecular formula is C17H15BrN2. The van der Waals surface area contributed by atoms with Crippen LogP contribution in [0, 0.1) is 6.92 Å². The molecule has 0 unspecified atom stereocenters. The van der Waals surface area contributed by atoms with Crippen molar-refractivity contribution in [1.29, 1.82) is 0 Å². The molecule has 0 bridgehead atoms. The van der Waals surface area contributed by atoms with Crippen LogP contribution in [-0.2, 0) is 6.54 Å². The normalized spacial score (nSPS) is 10.7. The number of anilines is 1. The molecule has 0 spiro atoms. The molecule has 0 aliphatic rings. The van der Waals surface area contributed by atoms with Crippen molar-refractivity contribution in [2.45, 2.75) is 13.5 Å². The van der Waals surface area contributed by atoms with Crippen LogP contribution < -0.4 is 5.32 Å². The number of nitrogens with one attached hydrogen (secondary N) is 1. The average Bonchev–Trinajstić information content (AvgIpc) is 2.44. The highest BCUT2D eigenvalue weighted by Gasteiger charge is 2.03. The summed E-state index contributed by atoms with van der Waals surface area (Å²) in [7, 11) is 0. The predicted octanol–water partition coefficient (Wildman–Crippen LogP) is 4.92. The third kappa shape index (κ3) is 2.83. The van der Waals surface area contributed by atoms with Crippen molar-refractivity contribution >= 4 is 32.5 Å². The monoisotopic (exact) mass is 326 g/mol. The molecule has 0 aliphatic heterocycles.